The van der Waals surface area contributed by atoms with Crippen molar-refractivity contribution in [3.8, 4) is 11.5 Å². The molecular formula is C58H77NO13. The lowest BCUT2D eigenvalue weighted by atomic mass is 9.37. The van der Waals surface area contributed by atoms with Crippen LogP contribution < -0.4 is 10.1 Å². The van der Waals surface area contributed by atoms with Gasteiger partial charge in [-0.3, -0.25) is 4.79 Å². The van der Waals surface area contributed by atoms with Gasteiger partial charge in [0.2, 0.25) is 5.79 Å². The highest BCUT2D eigenvalue weighted by molar-refractivity contribution is 5.94. The summed E-state index contributed by atoms with van der Waals surface area (Å²) in [5.74, 6) is -2.62. The van der Waals surface area contributed by atoms with Crippen LogP contribution in [0.3, 0.4) is 0 Å². The van der Waals surface area contributed by atoms with Crippen LogP contribution in [0.15, 0.2) is 78.4 Å². The van der Waals surface area contributed by atoms with Gasteiger partial charge >= 0.3 is 11.9 Å². The summed E-state index contributed by atoms with van der Waals surface area (Å²) in [6.45, 7) is 8.20. The molecule has 2 aliphatic heterocycles. The van der Waals surface area contributed by atoms with Crippen LogP contribution >= 0.6 is 0 Å². The van der Waals surface area contributed by atoms with Crippen molar-refractivity contribution in [2.75, 3.05) is 26.9 Å². The van der Waals surface area contributed by atoms with Gasteiger partial charge in [-0.25, -0.2) is 4.79 Å². The third kappa shape index (κ3) is 9.87. The molecule has 3 fully saturated rings. The van der Waals surface area contributed by atoms with Crippen LogP contribution in [0.4, 0.5) is 0 Å². The SMILES string of the molecule is COc1cc(C=C(CC2c3cc(CCO)ccc3CCC2CO)C(=O)OC2C(OC(=O)CCC3C4C=CC5C(CCC6C(O)C(CC(C)C)C=CC563)C4C)C(O)C3OC2(O)C=CC3NCC(C)O)ccc1O. The molecule has 2 saturated carbocycles. The fourth-order valence-corrected chi connectivity index (χ4v) is 14.5. The van der Waals surface area contributed by atoms with E-state index in [9.17, 15) is 40.5 Å². The van der Waals surface area contributed by atoms with Crippen molar-refractivity contribution in [3.05, 3.63) is 101 Å². The summed E-state index contributed by atoms with van der Waals surface area (Å²) in [4.78, 5) is 29.7. The van der Waals surface area contributed by atoms with E-state index >= 15 is 4.79 Å². The first-order valence-electron chi connectivity index (χ1n) is 26.6. The number of rotatable bonds is 18. The molecule has 6 bridgehead atoms. The molecule has 10 rings (SSSR count). The number of carbonyl (C=O) groups excluding carboxylic acids is 2. The average molecular weight is 996 g/mol. The Hall–Kier alpha value is -4.38. The number of carbonyl (C=O) groups is 2. The number of esters is 2. The molecule has 1 saturated heterocycles. The minimum absolute atomic E-state index is 0.0317. The molecule has 2 aromatic carbocycles. The number of phenolic OH excluding ortho intramolecular Hbond substituents is 1. The summed E-state index contributed by atoms with van der Waals surface area (Å²) in [7, 11) is 1.41. The Morgan fingerprint density at radius 2 is 1.78 bits per heavy atom. The minimum Gasteiger partial charge on any atom is -0.504 e. The molecule has 392 valence electrons. The topological polar surface area (TPSA) is 225 Å². The highest BCUT2D eigenvalue weighted by Gasteiger charge is 2.65. The predicted molar refractivity (Wildman–Crippen MR) is 269 cm³/mol. The van der Waals surface area contributed by atoms with E-state index < -0.39 is 60.4 Å². The van der Waals surface area contributed by atoms with Crippen LogP contribution in [0, 0.1) is 58.7 Å². The second-order valence-electron chi connectivity index (χ2n) is 22.6. The summed E-state index contributed by atoms with van der Waals surface area (Å²) >= 11 is 0. The molecule has 14 heteroatoms. The maximum Gasteiger partial charge on any atom is 0.334 e. The van der Waals surface area contributed by atoms with Crippen LogP contribution in [-0.4, -0.2) is 123 Å². The second-order valence-corrected chi connectivity index (χ2v) is 22.6. The van der Waals surface area contributed by atoms with Gasteiger partial charge in [0, 0.05) is 43.1 Å². The normalized spacial score (nSPS) is 37.7. The number of nitrogens with one attached hydrogen (secondary N) is 1. The molecule has 6 aliphatic carbocycles. The van der Waals surface area contributed by atoms with Gasteiger partial charge in [-0.05, 0) is 158 Å². The summed E-state index contributed by atoms with van der Waals surface area (Å²) < 4.78 is 24.2. The largest absolute Gasteiger partial charge is 0.504 e. The number of hydrogen-bond donors (Lipinski definition) is 8. The highest BCUT2D eigenvalue weighted by Crippen LogP contribution is 2.69. The number of allylic oxidation sites excluding steroid dienone is 3. The number of hydrogen-bond acceptors (Lipinski definition) is 14. The maximum absolute atomic E-state index is 15.1. The Bertz CT molecular complexity index is 2410. The molecule has 18 unspecified atom stereocenters. The lowest BCUT2D eigenvalue weighted by Crippen LogP contribution is -2.71. The van der Waals surface area contributed by atoms with Crippen LogP contribution in [0.2, 0.25) is 0 Å². The zero-order valence-corrected chi connectivity index (χ0v) is 42.4. The number of ether oxygens (including phenoxy) is 4. The van der Waals surface area contributed by atoms with Gasteiger partial charge in [-0.1, -0.05) is 75.4 Å². The average Bonchev–Trinajstić information content (AvgIpc) is 3.35. The van der Waals surface area contributed by atoms with Gasteiger partial charge in [0.15, 0.2) is 23.7 Å². The summed E-state index contributed by atoms with van der Waals surface area (Å²) in [6.07, 6.45) is 11.6. The summed E-state index contributed by atoms with van der Waals surface area (Å²) in [5, 5.41) is 81.1. The standard InChI is InChI=1S/C58H77NO13/c1-31(2)24-37-18-21-57-44-13-11-40(33(4)41(44)12-14-46(57)51(37)65)45(57)15-17-50(64)70-54-52(66)53-47(59-29-32(3)62)19-22-58(68,72-53)55(54)71-56(67)39(25-35-7-16-48(63)49(27-35)69-5)28-43-38(30-61)10-9-36-8-6-34(20-23-60)26-42(36)43/h6-8,11,13,16,18-19,21-22,25-27,31-33,37-38,40-41,43-47,51-55,59-63,65-66,68H,9-10,12,14-15,17,20,23-24,28-30H2,1-5H3. The van der Waals surface area contributed by atoms with Crippen molar-refractivity contribution in [2.45, 2.75) is 140 Å². The predicted octanol–water partition coefficient (Wildman–Crippen LogP) is 5.68. The number of methoxy groups -OCH3 is 1. The molecule has 72 heavy (non-hydrogen) atoms. The van der Waals surface area contributed by atoms with Crippen molar-refractivity contribution >= 4 is 18.0 Å². The zero-order valence-electron chi connectivity index (χ0n) is 42.4. The lowest BCUT2D eigenvalue weighted by Gasteiger charge is -2.67. The number of phenols is 1. The van der Waals surface area contributed by atoms with E-state index in [2.05, 4.69) is 50.4 Å². The lowest BCUT2D eigenvalue weighted by molar-refractivity contribution is -0.333. The smallest absolute Gasteiger partial charge is 0.334 e. The molecule has 0 amide bonds. The van der Waals surface area contributed by atoms with Gasteiger partial charge in [-0.15, -0.1) is 0 Å². The van der Waals surface area contributed by atoms with Crippen LogP contribution in [0.25, 0.3) is 6.08 Å². The molecule has 1 spiro atoms. The van der Waals surface area contributed by atoms with E-state index in [1.54, 1.807) is 31.2 Å². The molecule has 8 N–H and O–H groups in total. The van der Waals surface area contributed by atoms with E-state index in [1.807, 2.05) is 18.2 Å². The highest BCUT2D eigenvalue weighted by atomic mass is 16.7. The first kappa shape index (κ1) is 52.5. The number of aliphatic hydroxyl groups excluding tert-OH is 5. The van der Waals surface area contributed by atoms with Gasteiger partial charge in [0.05, 0.1) is 25.4 Å². The Labute approximate surface area is 423 Å². The Morgan fingerprint density at radius 1 is 0.972 bits per heavy atom. The van der Waals surface area contributed by atoms with E-state index in [0.717, 1.165) is 36.0 Å². The van der Waals surface area contributed by atoms with Crippen LogP contribution in [0.5, 0.6) is 11.5 Å². The van der Waals surface area contributed by atoms with Crippen molar-refractivity contribution < 1.29 is 64.3 Å². The van der Waals surface area contributed by atoms with Crippen LogP contribution in [-0.2, 0) is 36.6 Å². The molecule has 18 atom stereocenters. The first-order chi connectivity index (χ1) is 34.5. The van der Waals surface area contributed by atoms with Gasteiger partial charge < -0.3 is 60.0 Å². The van der Waals surface area contributed by atoms with Gasteiger partial charge in [-0.2, -0.15) is 0 Å². The van der Waals surface area contributed by atoms with Crippen molar-refractivity contribution in [3.63, 3.8) is 0 Å². The molecule has 8 aliphatic rings. The molecule has 2 aromatic rings. The summed E-state index contributed by atoms with van der Waals surface area (Å²) in [6, 6.07) is 9.91. The fraction of sp³-hybridized carbons (Fsp3) is 0.621. The van der Waals surface area contributed by atoms with Gasteiger partial charge in [0.25, 0.3) is 0 Å². The van der Waals surface area contributed by atoms with E-state index in [1.165, 1.54) is 19.3 Å². The Kier molecular flexibility index (Phi) is 15.6. The van der Waals surface area contributed by atoms with E-state index in [-0.39, 0.29) is 96.5 Å². The van der Waals surface area contributed by atoms with Crippen LogP contribution in [0.1, 0.15) is 101 Å². The second kappa shape index (κ2) is 21.5. The van der Waals surface area contributed by atoms with Crippen molar-refractivity contribution in [1.29, 1.82) is 0 Å². The van der Waals surface area contributed by atoms with E-state index in [0.29, 0.717) is 49.0 Å². The quantitative estimate of drug-likeness (QED) is 0.0512. The van der Waals surface area contributed by atoms with E-state index in [4.69, 9.17) is 18.9 Å². The minimum atomic E-state index is -2.37. The third-order valence-corrected chi connectivity index (χ3v) is 17.9. The first-order valence-corrected chi connectivity index (χ1v) is 26.6. The monoisotopic (exact) mass is 996 g/mol. The Balaban J connectivity index is 1.03. The molecule has 0 radical (unpaired) electrons. The molecule has 0 aromatic heterocycles. The van der Waals surface area contributed by atoms with Gasteiger partial charge in [0.1, 0.15) is 12.2 Å². The van der Waals surface area contributed by atoms with Crippen molar-refractivity contribution in [1.82, 2.24) is 5.32 Å². The molecular weight excluding hydrogens is 919 g/mol. The number of aliphatic hydroxyl groups is 6. The summed E-state index contributed by atoms with van der Waals surface area (Å²) in [5.41, 5.74) is 3.18. The zero-order chi connectivity index (χ0) is 51.2. The number of aryl methyl sites for hydroxylation is 1. The fourth-order valence-electron chi connectivity index (χ4n) is 14.5. The molecule has 2 heterocycles. The third-order valence-electron chi connectivity index (χ3n) is 17.9. The molecule has 14 nitrogen and oxygen atoms in total. The number of benzene rings is 2. The number of aromatic hydroxyl groups is 1. The maximum atomic E-state index is 15.1. The number of fused-ring (bicyclic) bond motifs is 3. The Morgan fingerprint density at radius 3 is 2.51 bits per heavy atom. The van der Waals surface area contributed by atoms with Crippen molar-refractivity contribution in [2.24, 2.45) is 58.7 Å².